The van der Waals surface area contributed by atoms with Crippen molar-refractivity contribution in [2.45, 2.75) is 40.7 Å². The van der Waals surface area contributed by atoms with E-state index in [1.54, 1.807) is 11.6 Å². The number of hydrogen-bond acceptors (Lipinski definition) is 3. The monoisotopic (exact) mass is 258 g/mol. The maximum atomic E-state index is 11.8. The van der Waals surface area contributed by atoms with E-state index in [1.807, 2.05) is 6.92 Å². The Kier molecular flexibility index (Phi) is 5.00. The van der Waals surface area contributed by atoms with Crippen LogP contribution in [0.1, 0.15) is 43.9 Å². The molecule has 0 atom stereocenters. The second-order valence-electron chi connectivity index (χ2n) is 4.24. The Balaban J connectivity index is 3.10. The summed E-state index contributed by atoms with van der Waals surface area (Å²) in [5, 5.41) is 4.79. The average molecular weight is 259 g/mol. The molecule has 0 saturated carbocycles. The summed E-state index contributed by atoms with van der Waals surface area (Å²) in [7, 11) is 0. The Morgan fingerprint density at radius 1 is 1.47 bits per heavy atom. The Labute approximate surface area is 107 Å². The van der Waals surface area contributed by atoms with Gasteiger partial charge in [0, 0.05) is 6.54 Å². The Morgan fingerprint density at radius 3 is 2.59 bits per heavy atom. The molecule has 0 aromatic carbocycles. The first kappa shape index (κ1) is 14.0. The first-order chi connectivity index (χ1) is 8.01. The van der Waals surface area contributed by atoms with Crippen molar-refractivity contribution in [1.29, 1.82) is 0 Å². The van der Waals surface area contributed by atoms with Gasteiger partial charge in [-0.05, 0) is 26.2 Å². The second kappa shape index (κ2) is 6.05. The summed E-state index contributed by atoms with van der Waals surface area (Å²) >= 11 is 6.20. The predicted molar refractivity (Wildman–Crippen MR) is 67.4 cm³/mol. The van der Waals surface area contributed by atoms with Crippen molar-refractivity contribution in [2.75, 3.05) is 6.61 Å². The molecule has 96 valence electrons. The molecule has 0 unspecified atom stereocenters. The lowest BCUT2D eigenvalue weighted by atomic mass is 10.1. The van der Waals surface area contributed by atoms with Gasteiger partial charge in [0.2, 0.25) is 0 Å². The zero-order valence-corrected chi connectivity index (χ0v) is 11.5. The molecule has 0 aliphatic carbocycles. The maximum absolute atomic E-state index is 11.8. The van der Waals surface area contributed by atoms with Crippen LogP contribution in [0.15, 0.2) is 0 Å². The van der Waals surface area contributed by atoms with Crippen LogP contribution in [-0.4, -0.2) is 22.4 Å². The summed E-state index contributed by atoms with van der Waals surface area (Å²) in [5.41, 5.74) is 1.14. The molecule has 0 amide bonds. The summed E-state index contributed by atoms with van der Waals surface area (Å²) < 4.78 is 6.59. The molecule has 0 aliphatic rings. The normalized spacial score (nSPS) is 10.9. The van der Waals surface area contributed by atoms with Gasteiger partial charge in [-0.3, -0.25) is 4.68 Å². The van der Waals surface area contributed by atoms with Gasteiger partial charge < -0.3 is 4.74 Å². The number of rotatable bonds is 5. The van der Waals surface area contributed by atoms with Crippen LogP contribution in [0.4, 0.5) is 0 Å². The molecular weight excluding hydrogens is 240 g/mol. The number of aryl methyl sites for hydroxylation is 1. The van der Waals surface area contributed by atoms with Crippen LogP contribution in [0.3, 0.4) is 0 Å². The minimum atomic E-state index is -0.401. The first-order valence-corrected chi connectivity index (χ1v) is 6.31. The summed E-state index contributed by atoms with van der Waals surface area (Å²) in [6, 6.07) is 0. The van der Waals surface area contributed by atoms with E-state index in [1.165, 1.54) is 0 Å². The molecule has 4 nitrogen and oxygen atoms in total. The van der Waals surface area contributed by atoms with Gasteiger partial charge in [-0.25, -0.2) is 4.79 Å². The molecular formula is C12H19ClN2O2. The van der Waals surface area contributed by atoms with Gasteiger partial charge in [0.1, 0.15) is 0 Å². The first-order valence-electron chi connectivity index (χ1n) is 5.93. The highest BCUT2D eigenvalue weighted by atomic mass is 35.5. The van der Waals surface area contributed by atoms with E-state index < -0.39 is 5.97 Å². The molecule has 0 aliphatic heterocycles. The second-order valence-corrected chi connectivity index (χ2v) is 4.62. The minimum absolute atomic E-state index is 0.337. The van der Waals surface area contributed by atoms with Gasteiger partial charge in [-0.15, -0.1) is 0 Å². The van der Waals surface area contributed by atoms with Crippen molar-refractivity contribution in [1.82, 2.24) is 9.78 Å². The molecule has 0 bridgehead atoms. The standard InChI is InChI=1S/C12H19ClN2O2/c1-5-15-11(12(16)17-6-2)10(13)9(14-15)7-8(3)4/h8H,5-7H2,1-4H3. The van der Waals surface area contributed by atoms with E-state index in [2.05, 4.69) is 18.9 Å². The highest BCUT2D eigenvalue weighted by Crippen LogP contribution is 2.24. The molecule has 5 heteroatoms. The van der Waals surface area contributed by atoms with Crippen molar-refractivity contribution in [3.63, 3.8) is 0 Å². The summed E-state index contributed by atoms with van der Waals surface area (Å²) in [4.78, 5) is 11.8. The van der Waals surface area contributed by atoms with Crippen molar-refractivity contribution < 1.29 is 9.53 Å². The smallest absolute Gasteiger partial charge is 0.358 e. The Hall–Kier alpha value is -1.03. The van der Waals surface area contributed by atoms with Crippen LogP contribution in [0.5, 0.6) is 0 Å². The molecule has 0 radical (unpaired) electrons. The lowest BCUT2D eigenvalue weighted by Crippen LogP contribution is -2.12. The van der Waals surface area contributed by atoms with E-state index in [9.17, 15) is 4.79 Å². The van der Waals surface area contributed by atoms with Crippen molar-refractivity contribution in [3.8, 4) is 0 Å². The van der Waals surface area contributed by atoms with Crippen molar-refractivity contribution in [3.05, 3.63) is 16.4 Å². The molecule has 0 spiro atoms. The lowest BCUT2D eigenvalue weighted by Gasteiger charge is -2.03. The number of hydrogen-bond donors (Lipinski definition) is 0. The van der Waals surface area contributed by atoms with Crippen LogP contribution in [0.25, 0.3) is 0 Å². The van der Waals surface area contributed by atoms with E-state index in [0.29, 0.717) is 29.8 Å². The zero-order valence-electron chi connectivity index (χ0n) is 10.8. The average Bonchev–Trinajstić information content (AvgIpc) is 2.55. The fourth-order valence-corrected chi connectivity index (χ4v) is 1.92. The fraction of sp³-hybridized carbons (Fsp3) is 0.667. The number of halogens is 1. The number of esters is 1. The third-order valence-corrected chi connectivity index (χ3v) is 2.73. The molecule has 1 rings (SSSR count). The van der Waals surface area contributed by atoms with Crippen LogP contribution >= 0.6 is 11.6 Å². The van der Waals surface area contributed by atoms with Crippen LogP contribution in [-0.2, 0) is 17.7 Å². The third-order valence-electron chi connectivity index (χ3n) is 2.33. The number of aromatic nitrogens is 2. The van der Waals surface area contributed by atoms with Gasteiger partial charge in [-0.1, -0.05) is 25.4 Å². The van der Waals surface area contributed by atoms with Gasteiger partial charge in [0.25, 0.3) is 0 Å². The largest absolute Gasteiger partial charge is 0.461 e. The van der Waals surface area contributed by atoms with Gasteiger partial charge in [-0.2, -0.15) is 5.10 Å². The number of carbonyl (C=O) groups is 1. The van der Waals surface area contributed by atoms with E-state index in [4.69, 9.17) is 16.3 Å². The van der Waals surface area contributed by atoms with Gasteiger partial charge >= 0.3 is 5.97 Å². The maximum Gasteiger partial charge on any atom is 0.358 e. The Morgan fingerprint density at radius 2 is 2.12 bits per heavy atom. The van der Waals surface area contributed by atoms with Gasteiger partial charge in [0.15, 0.2) is 5.69 Å². The highest BCUT2D eigenvalue weighted by molar-refractivity contribution is 6.34. The van der Waals surface area contributed by atoms with Crippen molar-refractivity contribution >= 4 is 17.6 Å². The fourth-order valence-electron chi connectivity index (χ4n) is 1.63. The van der Waals surface area contributed by atoms with Crippen LogP contribution in [0.2, 0.25) is 5.02 Å². The highest BCUT2D eigenvalue weighted by Gasteiger charge is 2.22. The number of ether oxygens (including phenoxy) is 1. The molecule has 1 heterocycles. The molecule has 1 aromatic heterocycles. The molecule has 1 aromatic rings. The van der Waals surface area contributed by atoms with E-state index >= 15 is 0 Å². The molecule has 0 fully saturated rings. The SMILES string of the molecule is CCOC(=O)c1c(Cl)c(CC(C)C)nn1CC. The van der Waals surface area contributed by atoms with Crippen molar-refractivity contribution in [2.24, 2.45) is 5.92 Å². The summed E-state index contributed by atoms with van der Waals surface area (Å²) in [6.45, 7) is 8.81. The molecule has 0 saturated heterocycles. The zero-order chi connectivity index (χ0) is 13.0. The quantitative estimate of drug-likeness (QED) is 0.763. The van der Waals surface area contributed by atoms with Crippen LogP contribution in [0, 0.1) is 5.92 Å². The topological polar surface area (TPSA) is 44.1 Å². The van der Waals surface area contributed by atoms with Gasteiger partial charge in [0.05, 0.1) is 17.3 Å². The molecule has 17 heavy (non-hydrogen) atoms. The number of carbonyl (C=O) groups excluding carboxylic acids is 1. The number of nitrogens with zero attached hydrogens (tertiary/aromatic N) is 2. The minimum Gasteiger partial charge on any atom is -0.461 e. The lowest BCUT2D eigenvalue weighted by molar-refractivity contribution is 0.0512. The third kappa shape index (κ3) is 3.22. The predicted octanol–water partition coefficient (Wildman–Crippen LogP) is 2.93. The van der Waals surface area contributed by atoms with E-state index in [-0.39, 0.29) is 0 Å². The summed E-state index contributed by atoms with van der Waals surface area (Å²) in [5.74, 6) is 0.0459. The Bertz CT molecular complexity index is 399. The van der Waals surface area contributed by atoms with Crippen LogP contribution < -0.4 is 0 Å². The van der Waals surface area contributed by atoms with E-state index in [0.717, 1.165) is 12.1 Å². The molecule has 0 N–H and O–H groups in total. The summed E-state index contributed by atoms with van der Waals surface area (Å²) in [6.07, 6.45) is 0.762.